The van der Waals surface area contributed by atoms with Crippen molar-refractivity contribution in [3.05, 3.63) is 28.3 Å². The summed E-state index contributed by atoms with van der Waals surface area (Å²) in [5.41, 5.74) is 3.12. The molecule has 0 aliphatic heterocycles. The molecule has 0 aliphatic rings. The van der Waals surface area contributed by atoms with Crippen LogP contribution in [-0.4, -0.2) is 14.6 Å². The van der Waals surface area contributed by atoms with Crippen molar-refractivity contribution < 1.29 is 0 Å². The van der Waals surface area contributed by atoms with Crippen molar-refractivity contribution in [3.8, 4) is 0 Å². The van der Waals surface area contributed by atoms with E-state index in [-0.39, 0.29) is 0 Å². The van der Waals surface area contributed by atoms with Crippen LogP contribution in [0.4, 0.5) is 0 Å². The first-order valence-electron chi connectivity index (χ1n) is 5.03. The van der Waals surface area contributed by atoms with Gasteiger partial charge in [-0.1, -0.05) is 25.4 Å². The maximum atomic E-state index is 6.10. The average Bonchev–Trinajstić information content (AvgIpc) is 2.42. The van der Waals surface area contributed by atoms with E-state index in [1.165, 1.54) is 0 Å². The molecule has 0 bridgehead atoms. The van der Waals surface area contributed by atoms with Crippen LogP contribution in [0.5, 0.6) is 0 Å². The van der Waals surface area contributed by atoms with Gasteiger partial charge in [0.25, 0.3) is 0 Å². The van der Waals surface area contributed by atoms with Gasteiger partial charge < -0.3 is 0 Å². The molecule has 3 nitrogen and oxygen atoms in total. The second kappa shape index (κ2) is 3.49. The Morgan fingerprint density at radius 3 is 2.60 bits per heavy atom. The first kappa shape index (κ1) is 10.4. The van der Waals surface area contributed by atoms with E-state index in [9.17, 15) is 0 Å². The van der Waals surface area contributed by atoms with Crippen molar-refractivity contribution in [1.82, 2.24) is 14.6 Å². The van der Waals surface area contributed by atoms with Gasteiger partial charge in [-0.15, -0.1) is 0 Å². The summed E-state index contributed by atoms with van der Waals surface area (Å²) < 4.78 is 1.77. The SMILES string of the molecule is Cc1cc(Cl)n2nc(C(C)C)nc(C)c12. The van der Waals surface area contributed by atoms with E-state index in [1.54, 1.807) is 4.52 Å². The van der Waals surface area contributed by atoms with E-state index in [2.05, 4.69) is 23.9 Å². The summed E-state index contributed by atoms with van der Waals surface area (Å²) >= 11 is 6.10. The highest BCUT2D eigenvalue weighted by molar-refractivity contribution is 6.30. The van der Waals surface area contributed by atoms with E-state index < -0.39 is 0 Å². The van der Waals surface area contributed by atoms with Crippen LogP contribution in [0.3, 0.4) is 0 Å². The van der Waals surface area contributed by atoms with E-state index in [4.69, 9.17) is 11.6 Å². The number of hydrogen-bond acceptors (Lipinski definition) is 2. The third kappa shape index (κ3) is 1.61. The second-order valence-electron chi connectivity index (χ2n) is 4.12. The number of aryl methyl sites for hydroxylation is 2. The van der Waals surface area contributed by atoms with Gasteiger partial charge in [0, 0.05) is 5.92 Å². The highest BCUT2D eigenvalue weighted by Gasteiger charge is 2.12. The summed E-state index contributed by atoms with van der Waals surface area (Å²) in [4.78, 5) is 4.48. The van der Waals surface area contributed by atoms with Gasteiger partial charge in [0.2, 0.25) is 0 Å². The van der Waals surface area contributed by atoms with Gasteiger partial charge in [-0.3, -0.25) is 0 Å². The van der Waals surface area contributed by atoms with Crippen molar-refractivity contribution in [3.63, 3.8) is 0 Å². The molecule has 2 aromatic heterocycles. The van der Waals surface area contributed by atoms with Crippen LogP contribution in [0.15, 0.2) is 6.07 Å². The number of halogens is 1. The Labute approximate surface area is 94.1 Å². The first-order chi connectivity index (χ1) is 7.00. The topological polar surface area (TPSA) is 30.2 Å². The summed E-state index contributed by atoms with van der Waals surface area (Å²) in [5, 5.41) is 5.08. The first-order valence-corrected chi connectivity index (χ1v) is 5.41. The molecular formula is C11H14ClN3. The number of hydrogen-bond donors (Lipinski definition) is 0. The largest absolute Gasteiger partial charge is 0.234 e. The minimum absolute atomic E-state index is 0.312. The van der Waals surface area contributed by atoms with Gasteiger partial charge >= 0.3 is 0 Å². The molecule has 0 N–H and O–H groups in total. The van der Waals surface area contributed by atoms with Crippen LogP contribution in [0.2, 0.25) is 5.15 Å². The molecule has 0 radical (unpaired) electrons. The van der Waals surface area contributed by atoms with Crippen LogP contribution in [-0.2, 0) is 0 Å². The fourth-order valence-corrected chi connectivity index (χ4v) is 2.00. The molecular weight excluding hydrogens is 210 g/mol. The molecule has 0 amide bonds. The van der Waals surface area contributed by atoms with Crippen LogP contribution in [0.25, 0.3) is 5.52 Å². The van der Waals surface area contributed by atoms with Crippen molar-refractivity contribution >= 4 is 17.1 Å². The standard InChI is InChI=1S/C11H14ClN3/c1-6(2)11-13-8(4)10-7(3)5-9(12)15(10)14-11/h5-6H,1-4H3. The average molecular weight is 224 g/mol. The summed E-state index contributed by atoms with van der Waals surface area (Å²) in [7, 11) is 0. The predicted octanol–water partition coefficient (Wildman–Crippen LogP) is 3.12. The minimum atomic E-state index is 0.312. The van der Waals surface area contributed by atoms with E-state index >= 15 is 0 Å². The lowest BCUT2D eigenvalue weighted by Crippen LogP contribution is -2.06. The van der Waals surface area contributed by atoms with Crippen molar-refractivity contribution in [1.29, 1.82) is 0 Å². The number of fused-ring (bicyclic) bond motifs is 1. The highest BCUT2D eigenvalue weighted by atomic mass is 35.5. The zero-order valence-electron chi connectivity index (χ0n) is 9.37. The number of aromatic nitrogens is 3. The minimum Gasteiger partial charge on any atom is -0.234 e. The molecule has 0 aliphatic carbocycles. The lowest BCUT2D eigenvalue weighted by molar-refractivity contribution is 0.712. The Balaban J connectivity index is 2.81. The van der Waals surface area contributed by atoms with Crippen molar-refractivity contribution in [2.24, 2.45) is 0 Å². The monoisotopic (exact) mass is 223 g/mol. The fraction of sp³-hybridized carbons (Fsp3) is 0.455. The molecule has 2 aromatic rings. The Kier molecular flexibility index (Phi) is 2.43. The molecule has 0 atom stereocenters. The lowest BCUT2D eigenvalue weighted by Gasteiger charge is -2.07. The molecule has 0 saturated heterocycles. The molecule has 2 rings (SSSR count). The Hall–Kier alpha value is -1.09. The van der Waals surface area contributed by atoms with Crippen LogP contribution >= 0.6 is 11.6 Å². The van der Waals surface area contributed by atoms with Gasteiger partial charge in [0.05, 0.1) is 11.2 Å². The van der Waals surface area contributed by atoms with Gasteiger partial charge in [0.15, 0.2) is 5.82 Å². The molecule has 0 unspecified atom stereocenters. The van der Waals surface area contributed by atoms with E-state index in [0.717, 1.165) is 22.6 Å². The summed E-state index contributed by atoms with van der Waals surface area (Å²) in [6, 6.07) is 1.92. The van der Waals surface area contributed by atoms with Crippen molar-refractivity contribution in [2.45, 2.75) is 33.6 Å². The number of rotatable bonds is 1. The van der Waals surface area contributed by atoms with Crippen LogP contribution < -0.4 is 0 Å². The maximum Gasteiger partial charge on any atom is 0.152 e. The summed E-state index contributed by atoms with van der Waals surface area (Å²) in [6.07, 6.45) is 0. The Bertz CT molecular complexity index is 514. The quantitative estimate of drug-likeness (QED) is 0.744. The van der Waals surface area contributed by atoms with E-state index in [0.29, 0.717) is 11.1 Å². The molecule has 80 valence electrons. The van der Waals surface area contributed by atoms with E-state index in [1.807, 2.05) is 19.9 Å². The Morgan fingerprint density at radius 2 is 2.00 bits per heavy atom. The zero-order chi connectivity index (χ0) is 11.2. The smallest absolute Gasteiger partial charge is 0.152 e. The maximum absolute atomic E-state index is 6.10. The van der Waals surface area contributed by atoms with Gasteiger partial charge in [-0.25, -0.2) is 9.50 Å². The molecule has 0 aromatic carbocycles. The van der Waals surface area contributed by atoms with Gasteiger partial charge in [0.1, 0.15) is 5.15 Å². The second-order valence-corrected chi connectivity index (χ2v) is 4.51. The fourth-order valence-electron chi connectivity index (χ4n) is 1.71. The Morgan fingerprint density at radius 1 is 1.33 bits per heavy atom. The lowest BCUT2D eigenvalue weighted by atomic mass is 10.2. The van der Waals surface area contributed by atoms with Crippen LogP contribution in [0.1, 0.15) is 36.8 Å². The summed E-state index contributed by atoms with van der Waals surface area (Å²) in [6.45, 7) is 8.16. The van der Waals surface area contributed by atoms with Gasteiger partial charge in [-0.2, -0.15) is 5.10 Å². The normalized spacial score (nSPS) is 11.6. The zero-order valence-corrected chi connectivity index (χ0v) is 10.1. The van der Waals surface area contributed by atoms with Crippen LogP contribution in [0, 0.1) is 13.8 Å². The molecule has 0 spiro atoms. The molecule has 0 saturated carbocycles. The van der Waals surface area contributed by atoms with Gasteiger partial charge in [-0.05, 0) is 25.5 Å². The third-order valence-electron chi connectivity index (χ3n) is 2.47. The molecule has 2 heterocycles. The third-order valence-corrected chi connectivity index (χ3v) is 2.74. The summed E-state index contributed by atoms with van der Waals surface area (Å²) in [5.74, 6) is 1.14. The molecule has 15 heavy (non-hydrogen) atoms. The molecule has 4 heteroatoms. The van der Waals surface area contributed by atoms with Crippen molar-refractivity contribution in [2.75, 3.05) is 0 Å². The highest BCUT2D eigenvalue weighted by Crippen LogP contribution is 2.22. The predicted molar refractivity (Wildman–Crippen MR) is 61.6 cm³/mol. The molecule has 0 fully saturated rings. The number of nitrogens with zero attached hydrogens (tertiary/aromatic N) is 3.